The fraction of sp³-hybridized carbons (Fsp3) is 0.0667. The summed E-state index contributed by atoms with van der Waals surface area (Å²) in [6.07, 6.45) is 1.47. The lowest BCUT2D eigenvalue weighted by atomic mass is 10.1. The van der Waals surface area contributed by atoms with E-state index in [1.807, 2.05) is 60.7 Å². The standard InChI is InChI=1S/C30H22BrClN2O3/c31-25-8-6-22(7-9-25)20-37-29-15-10-26(32)17-23(29)16-24(18-33)30(35)34-27-11-13-28(14-12-27)36-19-21-4-2-1-3-5-21/h1-17H,19-20H2,(H,34,35)/b24-16+. The smallest absolute Gasteiger partial charge is 0.266 e. The third-order valence-electron chi connectivity index (χ3n) is 5.30. The highest BCUT2D eigenvalue weighted by molar-refractivity contribution is 9.10. The Morgan fingerprint density at radius 1 is 0.892 bits per heavy atom. The Hall–Kier alpha value is -4.05. The van der Waals surface area contributed by atoms with Gasteiger partial charge in [0.05, 0.1) is 0 Å². The maximum absolute atomic E-state index is 12.8. The summed E-state index contributed by atoms with van der Waals surface area (Å²) < 4.78 is 12.7. The summed E-state index contributed by atoms with van der Waals surface area (Å²) in [7, 11) is 0. The summed E-state index contributed by atoms with van der Waals surface area (Å²) in [5, 5.41) is 12.9. The van der Waals surface area contributed by atoms with E-state index < -0.39 is 5.91 Å². The van der Waals surface area contributed by atoms with Gasteiger partial charge in [-0.1, -0.05) is 70.0 Å². The van der Waals surface area contributed by atoms with Crippen molar-refractivity contribution in [1.82, 2.24) is 0 Å². The van der Waals surface area contributed by atoms with Gasteiger partial charge in [0.2, 0.25) is 0 Å². The van der Waals surface area contributed by atoms with Gasteiger partial charge >= 0.3 is 0 Å². The predicted octanol–water partition coefficient (Wildman–Crippen LogP) is 7.81. The molecule has 7 heteroatoms. The third-order valence-corrected chi connectivity index (χ3v) is 6.07. The molecular formula is C30H22BrClN2O3. The second kappa shape index (κ2) is 12.8. The molecule has 5 nitrogen and oxygen atoms in total. The number of halogens is 2. The molecule has 37 heavy (non-hydrogen) atoms. The molecule has 0 bridgehead atoms. The van der Waals surface area contributed by atoms with Gasteiger partial charge in [0.25, 0.3) is 5.91 Å². The number of carbonyl (C=O) groups is 1. The Kier molecular flexibility index (Phi) is 8.98. The topological polar surface area (TPSA) is 71.3 Å². The van der Waals surface area contributed by atoms with E-state index in [0.29, 0.717) is 41.0 Å². The molecule has 0 aliphatic rings. The lowest BCUT2D eigenvalue weighted by Crippen LogP contribution is -2.13. The van der Waals surface area contributed by atoms with Crippen LogP contribution in [0.1, 0.15) is 16.7 Å². The molecule has 0 spiro atoms. The molecule has 0 atom stereocenters. The van der Waals surface area contributed by atoms with E-state index in [2.05, 4.69) is 21.2 Å². The van der Waals surface area contributed by atoms with Crippen LogP contribution in [0.4, 0.5) is 5.69 Å². The molecule has 0 radical (unpaired) electrons. The lowest BCUT2D eigenvalue weighted by molar-refractivity contribution is -0.112. The summed E-state index contributed by atoms with van der Waals surface area (Å²) in [5.74, 6) is 0.636. The number of carbonyl (C=O) groups excluding carboxylic acids is 1. The average molecular weight is 574 g/mol. The van der Waals surface area contributed by atoms with Crippen molar-refractivity contribution in [3.63, 3.8) is 0 Å². The minimum Gasteiger partial charge on any atom is -0.489 e. The van der Waals surface area contributed by atoms with E-state index in [1.165, 1.54) is 6.08 Å². The lowest BCUT2D eigenvalue weighted by Gasteiger charge is -2.11. The number of anilines is 1. The highest BCUT2D eigenvalue weighted by Gasteiger charge is 2.12. The summed E-state index contributed by atoms with van der Waals surface area (Å²) in [6.45, 7) is 0.766. The largest absolute Gasteiger partial charge is 0.489 e. The number of nitrogens with zero attached hydrogens (tertiary/aromatic N) is 1. The van der Waals surface area contributed by atoms with Crippen molar-refractivity contribution in [2.24, 2.45) is 0 Å². The SMILES string of the molecule is N#C/C(=C\c1cc(Cl)ccc1OCc1ccc(Br)cc1)C(=O)Nc1ccc(OCc2ccccc2)cc1. The van der Waals surface area contributed by atoms with Gasteiger partial charge < -0.3 is 14.8 Å². The van der Waals surface area contributed by atoms with Crippen LogP contribution in [-0.2, 0) is 18.0 Å². The van der Waals surface area contributed by atoms with Gasteiger partial charge in [0.15, 0.2) is 0 Å². The first kappa shape index (κ1) is 26.0. The molecule has 4 rings (SSSR count). The second-order valence-corrected chi connectivity index (χ2v) is 9.37. The first-order valence-electron chi connectivity index (χ1n) is 11.4. The molecule has 0 aromatic heterocycles. The zero-order valence-electron chi connectivity index (χ0n) is 19.7. The minimum absolute atomic E-state index is 0.0832. The van der Waals surface area contributed by atoms with Crippen LogP contribution in [0.2, 0.25) is 5.02 Å². The van der Waals surface area contributed by atoms with Crippen LogP contribution < -0.4 is 14.8 Å². The number of hydrogen-bond donors (Lipinski definition) is 1. The van der Waals surface area contributed by atoms with Crippen molar-refractivity contribution < 1.29 is 14.3 Å². The van der Waals surface area contributed by atoms with E-state index in [0.717, 1.165) is 15.6 Å². The Bertz CT molecular complexity index is 1430. The number of amides is 1. The molecule has 1 amide bonds. The van der Waals surface area contributed by atoms with E-state index in [9.17, 15) is 10.1 Å². The molecule has 0 aliphatic carbocycles. The number of nitriles is 1. The Labute approximate surface area is 229 Å². The number of benzene rings is 4. The van der Waals surface area contributed by atoms with Gasteiger partial charge in [-0.05, 0) is 71.8 Å². The second-order valence-electron chi connectivity index (χ2n) is 8.02. The van der Waals surface area contributed by atoms with Crippen LogP contribution in [0.5, 0.6) is 11.5 Å². The Morgan fingerprint density at radius 2 is 1.57 bits per heavy atom. The van der Waals surface area contributed by atoms with Crippen molar-refractivity contribution in [3.05, 3.63) is 129 Å². The summed E-state index contributed by atoms with van der Waals surface area (Å²) in [5.41, 5.74) is 3.02. The molecule has 1 N–H and O–H groups in total. The van der Waals surface area contributed by atoms with Crippen molar-refractivity contribution in [3.8, 4) is 17.6 Å². The molecule has 0 unspecified atom stereocenters. The number of ether oxygens (including phenoxy) is 2. The maximum Gasteiger partial charge on any atom is 0.266 e. The van der Waals surface area contributed by atoms with Crippen molar-refractivity contribution in [2.75, 3.05) is 5.32 Å². The normalized spacial score (nSPS) is 10.9. The highest BCUT2D eigenvalue weighted by Crippen LogP contribution is 2.27. The molecule has 0 saturated heterocycles. The number of hydrogen-bond acceptors (Lipinski definition) is 4. The third kappa shape index (κ3) is 7.71. The number of rotatable bonds is 9. The predicted molar refractivity (Wildman–Crippen MR) is 149 cm³/mol. The molecule has 4 aromatic rings. The van der Waals surface area contributed by atoms with Gasteiger partial charge in [0.1, 0.15) is 36.4 Å². The quantitative estimate of drug-likeness (QED) is 0.164. The summed E-state index contributed by atoms with van der Waals surface area (Å²) >= 11 is 9.60. The first-order valence-corrected chi connectivity index (χ1v) is 12.5. The van der Waals surface area contributed by atoms with Gasteiger partial charge in [-0.15, -0.1) is 0 Å². The van der Waals surface area contributed by atoms with Crippen LogP contribution >= 0.6 is 27.5 Å². The van der Waals surface area contributed by atoms with Gasteiger partial charge in [-0.3, -0.25) is 4.79 Å². The van der Waals surface area contributed by atoms with Gasteiger partial charge in [0, 0.05) is 20.7 Å². The van der Waals surface area contributed by atoms with Crippen LogP contribution in [-0.4, -0.2) is 5.91 Å². The number of nitrogens with one attached hydrogen (secondary N) is 1. The fourth-order valence-electron chi connectivity index (χ4n) is 3.38. The van der Waals surface area contributed by atoms with Crippen molar-refractivity contribution in [1.29, 1.82) is 5.26 Å². The Balaban J connectivity index is 1.42. The molecular weight excluding hydrogens is 552 g/mol. The van der Waals surface area contributed by atoms with Crippen LogP contribution in [0.15, 0.2) is 107 Å². The molecule has 184 valence electrons. The Morgan fingerprint density at radius 3 is 2.27 bits per heavy atom. The van der Waals surface area contributed by atoms with E-state index in [1.54, 1.807) is 42.5 Å². The van der Waals surface area contributed by atoms with Crippen LogP contribution in [0.3, 0.4) is 0 Å². The zero-order valence-corrected chi connectivity index (χ0v) is 22.0. The van der Waals surface area contributed by atoms with E-state index in [-0.39, 0.29) is 5.57 Å². The maximum atomic E-state index is 12.8. The van der Waals surface area contributed by atoms with E-state index in [4.69, 9.17) is 21.1 Å². The molecule has 0 heterocycles. The summed E-state index contributed by atoms with van der Waals surface area (Å²) in [4.78, 5) is 12.8. The molecule has 0 saturated carbocycles. The fourth-order valence-corrected chi connectivity index (χ4v) is 3.83. The van der Waals surface area contributed by atoms with Crippen molar-refractivity contribution >= 4 is 45.2 Å². The molecule has 0 aliphatic heterocycles. The highest BCUT2D eigenvalue weighted by atomic mass is 79.9. The van der Waals surface area contributed by atoms with Gasteiger partial charge in [-0.25, -0.2) is 0 Å². The van der Waals surface area contributed by atoms with E-state index >= 15 is 0 Å². The van der Waals surface area contributed by atoms with Gasteiger partial charge in [-0.2, -0.15) is 5.26 Å². The zero-order chi connectivity index (χ0) is 26.0. The van der Waals surface area contributed by atoms with Crippen molar-refractivity contribution in [2.45, 2.75) is 13.2 Å². The van der Waals surface area contributed by atoms with Crippen LogP contribution in [0.25, 0.3) is 6.08 Å². The average Bonchev–Trinajstić information content (AvgIpc) is 2.92. The molecule has 0 fully saturated rings. The minimum atomic E-state index is -0.542. The molecule has 4 aromatic carbocycles. The first-order chi connectivity index (χ1) is 18.0. The van der Waals surface area contributed by atoms with Crippen LogP contribution in [0, 0.1) is 11.3 Å². The summed E-state index contributed by atoms with van der Waals surface area (Å²) in [6, 6.07) is 31.6. The monoisotopic (exact) mass is 572 g/mol.